The first-order valence-electron chi connectivity index (χ1n) is 7.93. The maximum atomic E-state index is 12.4. The van der Waals surface area contributed by atoms with Crippen LogP contribution in [0.15, 0.2) is 53.4 Å². The van der Waals surface area contributed by atoms with Gasteiger partial charge in [0.15, 0.2) is 0 Å². The summed E-state index contributed by atoms with van der Waals surface area (Å²) in [6, 6.07) is 13.9. The molecule has 1 N–H and O–H groups in total. The highest BCUT2D eigenvalue weighted by Gasteiger charge is 2.18. The van der Waals surface area contributed by atoms with E-state index in [1.807, 2.05) is 12.1 Å². The third-order valence-corrected chi connectivity index (χ3v) is 6.01. The third kappa shape index (κ3) is 4.06. The molecule has 0 unspecified atom stereocenters. The van der Waals surface area contributed by atoms with E-state index in [-0.39, 0.29) is 4.90 Å². The quantitative estimate of drug-likeness (QED) is 0.825. The van der Waals surface area contributed by atoms with Crippen molar-refractivity contribution in [3.63, 3.8) is 0 Å². The van der Waals surface area contributed by atoms with Crippen molar-refractivity contribution in [1.29, 1.82) is 0 Å². The van der Waals surface area contributed by atoms with Crippen LogP contribution in [0.1, 0.15) is 43.6 Å². The molecule has 3 rings (SSSR count). The Morgan fingerprint density at radius 1 is 0.870 bits per heavy atom. The molecule has 3 nitrogen and oxygen atoms in total. The Kier molecular flexibility index (Phi) is 4.93. The first-order chi connectivity index (χ1) is 11.0. The summed E-state index contributed by atoms with van der Waals surface area (Å²) < 4.78 is 27.4. The second kappa shape index (κ2) is 6.93. The molecule has 23 heavy (non-hydrogen) atoms. The summed E-state index contributed by atoms with van der Waals surface area (Å²) in [7, 11) is -3.57. The van der Waals surface area contributed by atoms with Crippen LogP contribution < -0.4 is 4.72 Å². The van der Waals surface area contributed by atoms with E-state index in [1.54, 1.807) is 36.4 Å². The van der Waals surface area contributed by atoms with Crippen molar-refractivity contribution >= 4 is 27.3 Å². The Morgan fingerprint density at radius 2 is 1.48 bits per heavy atom. The molecule has 1 aliphatic carbocycles. The zero-order valence-corrected chi connectivity index (χ0v) is 14.4. The van der Waals surface area contributed by atoms with Crippen molar-refractivity contribution in [3.05, 3.63) is 59.1 Å². The summed E-state index contributed by atoms with van der Waals surface area (Å²) in [6.07, 6.45) is 6.25. The summed E-state index contributed by atoms with van der Waals surface area (Å²) >= 11 is 5.81. The van der Waals surface area contributed by atoms with Gasteiger partial charge in [0.05, 0.1) is 4.90 Å². The smallest absolute Gasteiger partial charge is 0.261 e. The molecular formula is C18H20ClNO2S. The fourth-order valence-corrected chi connectivity index (χ4v) is 4.27. The predicted octanol–water partition coefficient (Wildman–Crippen LogP) is 5.19. The molecule has 1 fully saturated rings. The highest BCUT2D eigenvalue weighted by molar-refractivity contribution is 7.92. The maximum Gasteiger partial charge on any atom is 0.261 e. The van der Waals surface area contributed by atoms with Crippen molar-refractivity contribution in [2.24, 2.45) is 0 Å². The molecule has 2 aromatic carbocycles. The molecule has 0 heterocycles. The molecule has 1 aliphatic rings. The van der Waals surface area contributed by atoms with Gasteiger partial charge in [0.2, 0.25) is 0 Å². The summed E-state index contributed by atoms with van der Waals surface area (Å²) in [5.41, 5.74) is 1.75. The lowest BCUT2D eigenvalue weighted by molar-refractivity contribution is 0.443. The number of rotatable bonds is 4. The van der Waals surface area contributed by atoms with Crippen molar-refractivity contribution in [2.75, 3.05) is 4.72 Å². The summed E-state index contributed by atoms with van der Waals surface area (Å²) in [5, 5.41) is 0.574. The average Bonchev–Trinajstić information content (AvgIpc) is 2.58. The van der Waals surface area contributed by atoms with Gasteiger partial charge in [0.25, 0.3) is 10.0 Å². The van der Waals surface area contributed by atoms with Gasteiger partial charge in [-0.3, -0.25) is 4.72 Å². The fraction of sp³-hybridized carbons (Fsp3) is 0.333. The third-order valence-electron chi connectivity index (χ3n) is 4.36. The zero-order valence-electron chi connectivity index (χ0n) is 12.8. The second-order valence-corrected chi connectivity index (χ2v) is 8.14. The molecule has 122 valence electrons. The minimum atomic E-state index is -3.57. The monoisotopic (exact) mass is 349 g/mol. The van der Waals surface area contributed by atoms with Crippen LogP contribution in [-0.4, -0.2) is 8.42 Å². The maximum absolute atomic E-state index is 12.4. The molecule has 0 atom stereocenters. The highest BCUT2D eigenvalue weighted by Crippen LogP contribution is 2.33. The van der Waals surface area contributed by atoms with Crippen molar-refractivity contribution in [1.82, 2.24) is 0 Å². The lowest BCUT2D eigenvalue weighted by Gasteiger charge is -2.22. The SMILES string of the molecule is O=S(=O)(Nc1ccc(Cl)cc1)c1ccc(C2CCCCC2)cc1. The number of sulfonamides is 1. The van der Waals surface area contributed by atoms with Crippen LogP contribution in [0.2, 0.25) is 5.02 Å². The number of hydrogen-bond donors (Lipinski definition) is 1. The molecule has 0 amide bonds. The van der Waals surface area contributed by atoms with Gasteiger partial charge in [-0.25, -0.2) is 8.42 Å². The van der Waals surface area contributed by atoms with Crippen LogP contribution in [0.25, 0.3) is 0 Å². The Balaban J connectivity index is 1.75. The van der Waals surface area contributed by atoms with Crippen LogP contribution in [0.5, 0.6) is 0 Å². The Bertz CT molecular complexity index is 749. The first kappa shape index (κ1) is 16.3. The molecular weight excluding hydrogens is 330 g/mol. The number of anilines is 1. The van der Waals surface area contributed by atoms with E-state index in [4.69, 9.17) is 11.6 Å². The zero-order chi connectivity index (χ0) is 16.3. The first-order valence-corrected chi connectivity index (χ1v) is 9.79. The Hall–Kier alpha value is -1.52. The van der Waals surface area contributed by atoms with Gasteiger partial charge in [-0.2, -0.15) is 0 Å². The molecule has 1 saturated carbocycles. The topological polar surface area (TPSA) is 46.2 Å². The van der Waals surface area contributed by atoms with E-state index in [0.29, 0.717) is 16.6 Å². The van der Waals surface area contributed by atoms with E-state index in [2.05, 4.69) is 4.72 Å². The lowest BCUT2D eigenvalue weighted by atomic mass is 9.84. The molecule has 0 saturated heterocycles. The average molecular weight is 350 g/mol. The molecule has 0 bridgehead atoms. The number of nitrogens with one attached hydrogen (secondary N) is 1. The standard InChI is InChI=1S/C18H20ClNO2S/c19-16-8-10-17(11-9-16)20-23(21,22)18-12-6-15(7-13-18)14-4-2-1-3-5-14/h6-14,20H,1-5H2. The molecule has 5 heteroatoms. The highest BCUT2D eigenvalue weighted by atomic mass is 35.5. The van der Waals surface area contributed by atoms with Gasteiger partial charge in [0, 0.05) is 10.7 Å². The van der Waals surface area contributed by atoms with Crippen LogP contribution in [0.4, 0.5) is 5.69 Å². The summed E-state index contributed by atoms with van der Waals surface area (Å²) in [6.45, 7) is 0. The predicted molar refractivity (Wildman–Crippen MR) is 94.5 cm³/mol. The van der Waals surface area contributed by atoms with Gasteiger partial charge in [-0.1, -0.05) is 43.0 Å². The van der Waals surface area contributed by atoms with Crippen molar-refractivity contribution in [2.45, 2.75) is 42.9 Å². The normalized spacial score (nSPS) is 16.2. The fourth-order valence-electron chi connectivity index (χ4n) is 3.09. The van der Waals surface area contributed by atoms with E-state index < -0.39 is 10.0 Å². The van der Waals surface area contributed by atoms with Crippen LogP contribution in [-0.2, 0) is 10.0 Å². The van der Waals surface area contributed by atoms with Crippen LogP contribution in [0, 0.1) is 0 Å². The molecule has 0 spiro atoms. The Labute approximate surface area is 142 Å². The molecule has 0 aliphatic heterocycles. The second-order valence-electron chi connectivity index (χ2n) is 6.02. The van der Waals surface area contributed by atoms with Gasteiger partial charge >= 0.3 is 0 Å². The largest absolute Gasteiger partial charge is 0.280 e. The lowest BCUT2D eigenvalue weighted by Crippen LogP contribution is -2.13. The summed E-state index contributed by atoms with van der Waals surface area (Å²) in [5.74, 6) is 0.574. The van der Waals surface area contributed by atoms with Crippen molar-refractivity contribution in [3.8, 4) is 0 Å². The number of halogens is 1. The molecule has 0 radical (unpaired) electrons. The minimum Gasteiger partial charge on any atom is -0.280 e. The molecule has 2 aromatic rings. The van der Waals surface area contributed by atoms with Crippen LogP contribution >= 0.6 is 11.6 Å². The van der Waals surface area contributed by atoms with Gasteiger partial charge < -0.3 is 0 Å². The Morgan fingerprint density at radius 3 is 2.09 bits per heavy atom. The number of benzene rings is 2. The van der Waals surface area contributed by atoms with Gasteiger partial charge in [-0.05, 0) is 60.7 Å². The summed E-state index contributed by atoms with van der Waals surface area (Å²) in [4.78, 5) is 0.284. The number of hydrogen-bond acceptors (Lipinski definition) is 2. The minimum absolute atomic E-state index is 0.284. The van der Waals surface area contributed by atoms with Crippen molar-refractivity contribution < 1.29 is 8.42 Å². The van der Waals surface area contributed by atoms with E-state index in [1.165, 1.54) is 37.7 Å². The van der Waals surface area contributed by atoms with E-state index in [9.17, 15) is 8.42 Å². The van der Waals surface area contributed by atoms with E-state index >= 15 is 0 Å². The van der Waals surface area contributed by atoms with Crippen LogP contribution in [0.3, 0.4) is 0 Å². The van der Waals surface area contributed by atoms with Gasteiger partial charge in [0.1, 0.15) is 0 Å². The van der Waals surface area contributed by atoms with E-state index in [0.717, 1.165) is 0 Å². The van der Waals surface area contributed by atoms with Gasteiger partial charge in [-0.15, -0.1) is 0 Å². The molecule has 0 aromatic heterocycles.